The lowest BCUT2D eigenvalue weighted by atomic mass is 10.0. The van der Waals surface area contributed by atoms with Crippen LogP contribution in [0.3, 0.4) is 0 Å². The highest BCUT2D eigenvalue weighted by Gasteiger charge is 2.04. The van der Waals surface area contributed by atoms with Crippen LogP contribution in [0.25, 0.3) is 0 Å². The fraction of sp³-hybridized carbons (Fsp3) is 0.800. The van der Waals surface area contributed by atoms with Crippen LogP contribution < -0.4 is 0 Å². The highest BCUT2D eigenvalue weighted by molar-refractivity contribution is 7.30. The molecule has 0 rings (SSSR count). The van der Waals surface area contributed by atoms with Crippen LogP contribution in [0.5, 0.6) is 0 Å². The van der Waals surface area contributed by atoms with E-state index in [-0.39, 0.29) is 5.41 Å². The maximum atomic E-state index is 9.83. The Hall–Kier alpha value is -0.310. The third-order valence-electron chi connectivity index (χ3n) is 0.354. The van der Waals surface area contributed by atoms with Gasteiger partial charge in [-0.1, -0.05) is 20.8 Å². The van der Waals surface area contributed by atoms with Crippen LogP contribution in [0.4, 0.5) is 0 Å². The van der Waals surface area contributed by atoms with Crippen molar-refractivity contribution in [3.8, 4) is 0 Å². The van der Waals surface area contributed by atoms with Crippen LogP contribution in [0.15, 0.2) is 0 Å². The second-order valence-electron chi connectivity index (χ2n) is 2.74. The molecular formula is C5H12O4P+. The van der Waals surface area contributed by atoms with Crippen molar-refractivity contribution in [3.63, 3.8) is 0 Å². The van der Waals surface area contributed by atoms with E-state index in [1.807, 2.05) is 20.8 Å². The van der Waals surface area contributed by atoms with Gasteiger partial charge in [-0.3, -0.25) is 0 Å². The molecule has 0 amide bonds. The van der Waals surface area contributed by atoms with E-state index in [1.165, 1.54) is 0 Å². The van der Waals surface area contributed by atoms with E-state index in [9.17, 15) is 4.79 Å². The zero-order chi connectivity index (χ0) is 8.78. The number of hydrogen-bond acceptors (Lipinski definition) is 2. The number of carbonyl (C=O) groups is 1. The van der Waals surface area contributed by atoms with Crippen molar-refractivity contribution in [2.45, 2.75) is 20.8 Å². The van der Waals surface area contributed by atoms with Crippen molar-refractivity contribution < 1.29 is 19.1 Å². The molecule has 0 heterocycles. The molecule has 0 saturated heterocycles. The van der Waals surface area contributed by atoms with Crippen LogP contribution in [0.2, 0.25) is 0 Å². The molecule has 2 N–H and O–H groups in total. The largest absolute Gasteiger partial charge is 0.692 e. The molecule has 0 aliphatic carbocycles. The molecule has 0 aliphatic heterocycles. The van der Waals surface area contributed by atoms with E-state index in [1.54, 1.807) is 0 Å². The smallest absolute Gasteiger partial charge is 0.303 e. The first-order valence-corrected chi connectivity index (χ1v) is 3.77. The van der Waals surface area contributed by atoms with Crippen LogP contribution in [-0.2, 0) is 9.36 Å². The van der Waals surface area contributed by atoms with Gasteiger partial charge in [-0.2, -0.15) is 0 Å². The van der Waals surface area contributed by atoms with Crippen molar-refractivity contribution in [2.24, 2.45) is 5.41 Å². The molecule has 0 aromatic rings. The fourth-order valence-corrected chi connectivity index (χ4v) is 0. The Kier molecular flexibility index (Phi) is 6.77. The molecule has 0 spiro atoms. The third-order valence-corrected chi connectivity index (χ3v) is 0.354. The standard InChI is InChI=1S/C5H10O.HO3P/c1-5(2,3)4-6;1-4(2)3/h4H,1-3H3;(H-,1,2,3)/p+1. The summed E-state index contributed by atoms with van der Waals surface area (Å²) in [5.74, 6) is 0. The summed E-state index contributed by atoms with van der Waals surface area (Å²) in [5, 5.41) is 0. The molecule has 4 nitrogen and oxygen atoms in total. The number of rotatable bonds is 0. The Morgan fingerprint density at radius 3 is 1.40 bits per heavy atom. The molecule has 60 valence electrons. The Morgan fingerprint density at radius 2 is 1.40 bits per heavy atom. The van der Waals surface area contributed by atoms with Gasteiger partial charge in [-0.25, -0.2) is 0 Å². The van der Waals surface area contributed by atoms with Gasteiger partial charge in [0.15, 0.2) is 0 Å². The van der Waals surface area contributed by atoms with E-state index >= 15 is 0 Å². The summed E-state index contributed by atoms with van der Waals surface area (Å²) in [7, 11) is -2.87. The maximum absolute atomic E-state index is 9.83. The predicted molar refractivity (Wildman–Crippen MR) is 37.6 cm³/mol. The van der Waals surface area contributed by atoms with Crippen LogP contribution >= 0.6 is 8.25 Å². The van der Waals surface area contributed by atoms with E-state index in [4.69, 9.17) is 14.4 Å². The molecule has 0 atom stereocenters. The summed E-state index contributed by atoms with van der Waals surface area (Å²) in [6.45, 7) is 5.62. The molecule has 5 heteroatoms. The minimum absolute atomic E-state index is 0.139. The van der Waals surface area contributed by atoms with Gasteiger partial charge in [0.1, 0.15) is 6.29 Å². The molecule has 0 aromatic carbocycles. The Morgan fingerprint density at radius 1 is 1.30 bits per heavy atom. The van der Waals surface area contributed by atoms with Crippen LogP contribution in [0, 0.1) is 5.41 Å². The predicted octanol–water partition coefficient (Wildman–Crippen LogP) is 0.860. The summed E-state index contributed by atoms with van der Waals surface area (Å²) in [4.78, 5) is 24.1. The number of aldehydes is 1. The second kappa shape index (κ2) is 5.47. The van der Waals surface area contributed by atoms with Crippen molar-refractivity contribution in [3.05, 3.63) is 0 Å². The summed E-state index contributed by atoms with van der Waals surface area (Å²) in [5.41, 5.74) is -0.139. The first-order valence-electron chi connectivity index (χ1n) is 2.61. The molecule has 0 aromatic heterocycles. The van der Waals surface area contributed by atoms with E-state index in [2.05, 4.69) is 0 Å². The molecular weight excluding hydrogens is 155 g/mol. The summed E-state index contributed by atoms with van der Waals surface area (Å²) in [6.07, 6.45) is 0.938. The average molecular weight is 167 g/mol. The lowest BCUT2D eigenvalue weighted by Gasteiger charge is -2.03. The minimum atomic E-state index is -2.87. The Bertz CT molecular complexity index is 111. The molecule has 0 saturated carbocycles. The van der Waals surface area contributed by atoms with Gasteiger partial charge >= 0.3 is 8.25 Å². The maximum Gasteiger partial charge on any atom is 0.692 e. The highest BCUT2D eigenvalue weighted by atomic mass is 31.1. The van der Waals surface area contributed by atoms with Crippen molar-refractivity contribution in [1.29, 1.82) is 0 Å². The van der Waals surface area contributed by atoms with E-state index in [0.717, 1.165) is 6.29 Å². The zero-order valence-corrected chi connectivity index (χ0v) is 7.13. The van der Waals surface area contributed by atoms with Gasteiger partial charge < -0.3 is 4.79 Å². The normalized spacial score (nSPS) is 9.30. The molecule has 0 unspecified atom stereocenters. The first-order chi connectivity index (χ1) is 4.29. The molecule has 0 radical (unpaired) electrons. The van der Waals surface area contributed by atoms with Gasteiger partial charge in [-0.05, 0) is 0 Å². The summed E-state index contributed by atoms with van der Waals surface area (Å²) < 4.78 is 8.70. The number of carbonyl (C=O) groups excluding carboxylic acids is 1. The van der Waals surface area contributed by atoms with Gasteiger partial charge in [0.05, 0.1) is 0 Å². The molecule has 0 bridgehead atoms. The number of hydrogen-bond donors (Lipinski definition) is 2. The summed E-state index contributed by atoms with van der Waals surface area (Å²) >= 11 is 0. The Balaban J connectivity index is 0. The SMILES string of the molecule is CC(C)(C)C=O.O=[P+](O)O. The highest BCUT2D eigenvalue weighted by Crippen LogP contribution is 2.05. The minimum Gasteiger partial charge on any atom is -0.303 e. The second-order valence-corrected chi connectivity index (χ2v) is 3.24. The molecule has 0 aliphatic rings. The van der Waals surface area contributed by atoms with Crippen molar-refractivity contribution in [2.75, 3.05) is 0 Å². The molecule has 0 fully saturated rings. The van der Waals surface area contributed by atoms with E-state index in [0.29, 0.717) is 0 Å². The topological polar surface area (TPSA) is 74.6 Å². The quantitative estimate of drug-likeness (QED) is 0.414. The lowest BCUT2D eigenvalue weighted by Crippen LogP contribution is -2.04. The fourth-order valence-electron chi connectivity index (χ4n) is 0. The van der Waals surface area contributed by atoms with Crippen molar-refractivity contribution in [1.82, 2.24) is 0 Å². The van der Waals surface area contributed by atoms with Gasteiger partial charge in [0.2, 0.25) is 0 Å². The lowest BCUT2D eigenvalue weighted by molar-refractivity contribution is -0.113. The molecule has 10 heavy (non-hydrogen) atoms. The van der Waals surface area contributed by atoms with Gasteiger partial charge in [-0.15, -0.1) is 9.79 Å². The van der Waals surface area contributed by atoms with Crippen LogP contribution in [-0.4, -0.2) is 16.1 Å². The Labute approximate surface area is 60.8 Å². The summed E-state index contributed by atoms with van der Waals surface area (Å²) in [6, 6.07) is 0. The van der Waals surface area contributed by atoms with Crippen molar-refractivity contribution >= 4 is 14.5 Å². The third kappa shape index (κ3) is 47.6. The first kappa shape index (κ1) is 12.4. The zero-order valence-electron chi connectivity index (χ0n) is 6.24. The van der Waals surface area contributed by atoms with E-state index < -0.39 is 8.25 Å². The monoisotopic (exact) mass is 167 g/mol. The van der Waals surface area contributed by atoms with Gasteiger partial charge in [0, 0.05) is 9.98 Å². The van der Waals surface area contributed by atoms with Crippen LogP contribution in [0.1, 0.15) is 20.8 Å². The average Bonchev–Trinajstić information content (AvgIpc) is 1.63. The van der Waals surface area contributed by atoms with Gasteiger partial charge in [0.25, 0.3) is 0 Å².